The van der Waals surface area contributed by atoms with Gasteiger partial charge < -0.3 is 9.84 Å². The Morgan fingerprint density at radius 1 is 1.17 bits per heavy atom. The largest absolute Gasteiger partial charge is 0.416 e. The summed E-state index contributed by atoms with van der Waals surface area (Å²) in [4.78, 5) is 12.1. The van der Waals surface area contributed by atoms with E-state index in [0.717, 1.165) is 23.1 Å². The summed E-state index contributed by atoms with van der Waals surface area (Å²) in [5.41, 5.74) is 1.60. The number of carbonyl (C=O) groups is 1. The van der Waals surface area contributed by atoms with Crippen molar-refractivity contribution in [3.8, 4) is 0 Å². The number of amides is 1. The summed E-state index contributed by atoms with van der Waals surface area (Å²) in [5, 5.41) is 7.18. The highest BCUT2D eigenvalue weighted by atomic mass is 19.4. The lowest BCUT2D eigenvalue weighted by molar-refractivity contribution is -0.137. The first-order chi connectivity index (χ1) is 11.3. The highest BCUT2D eigenvalue weighted by Gasteiger charge is 2.30. The lowest BCUT2D eigenvalue weighted by atomic mass is 10.1. The van der Waals surface area contributed by atoms with Gasteiger partial charge in [-0.1, -0.05) is 16.8 Å². The van der Waals surface area contributed by atoms with E-state index in [1.165, 1.54) is 12.1 Å². The summed E-state index contributed by atoms with van der Waals surface area (Å²) in [6, 6.07) is 9.79. The van der Waals surface area contributed by atoms with E-state index in [1.807, 2.05) is 19.1 Å². The van der Waals surface area contributed by atoms with Crippen molar-refractivity contribution < 1.29 is 22.5 Å². The smallest absolute Gasteiger partial charge is 0.356 e. The number of nitrogens with one attached hydrogen (secondary N) is 1. The lowest BCUT2D eigenvalue weighted by Crippen LogP contribution is -2.15. The molecule has 1 heterocycles. The quantitative estimate of drug-likeness (QED) is 0.775. The van der Waals surface area contributed by atoms with Gasteiger partial charge in [0.2, 0.25) is 5.91 Å². The zero-order chi connectivity index (χ0) is 17.3. The predicted molar refractivity (Wildman–Crippen MR) is 82.5 cm³/mol. The van der Waals surface area contributed by atoms with Crippen LogP contribution in [0.15, 0.2) is 47.0 Å². The van der Waals surface area contributed by atoms with Gasteiger partial charge in [-0.2, -0.15) is 13.2 Å². The van der Waals surface area contributed by atoms with Gasteiger partial charge in [-0.15, -0.1) is 0 Å². The Hall–Kier alpha value is -2.83. The molecular weight excluding hydrogens is 321 g/mol. The third kappa shape index (κ3) is 3.40. The van der Waals surface area contributed by atoms with Crippen molar-refractivity contribution in [1.82, 2.24) is 5.16 Å². The number of halogens is 3. The number of hydrogen-bond donors (Lipinski definition) is 1. The first-order valence-electron chi connectivity index (χ1n) is 7.15. The third-order valence-electron chi connectivity index (χ3n) is 3.52. The van der Waals surface area contributed by atoms with Crippen LogP contribution in [0.4, 0.5) is 18.9 Å². The zero-order valence-electron chi connectivity index (χ0n) is 12.6. The number of hydrogen-bond acceptors (Lipinski definition) is 3. The number of alkyl halides is 3. The maximum atomic E-state index is 12.5. The van der Waals surface area contributed by atoms with Gasteiger partial charge in [0.25, 0.3) is 0 Å². The topological polar surface area (TPSA) is 55.1 Å². The van der Waals surface area contributed by atoms with E-state index in [9.17, 15) is 18.0 Å². The van der Waals surface area contributed by atoms with Gasteiger partial charge in [0.05, 0.1) is 12.0 Å². The number of nitrogens with zero attached hydrogens (tertiary/aromatic N) is 1. The Kier molecular flexibility index (Phi) is 4.01. The molecule has 0 saturated heterocycles. The molecule has 3 rings (SSSR count). The molecule has 0 atom stereocenters. The molecule has 0 aliphatic heterocycles. The first-order valence-corrected chi connectivity index (χ1v) is 7.15. The Labute approximate surface area is 135 Å². The normalized spacial score (nSPS) is 11.7. The van der Waals surface area contributed by atoms with E-state index in [1.54, 1.807) is 6.07 Å². The molecular formula is C17H13F3N2O2. The summed E-state index contributed by atoms with van der Waals surface area (Å²) in [6.07, 6.45) is -4.43. The Morgan fingerprint density at radius 2 is 1.88 bits per heavy atom. The number of aryl methyl sites for hydroxylation is 1. The van der Waals surface area contributed by atoms with Crippen LogP contribution in [0.1, 0.15) is 16.8 Å². The number of fused-ring (bicyclic) bond motifs is 1. The molecule has 0 radical (unpaired) electrons. The van der Waals surface area contributed by atoms with Gasteiger partial charge in [-0.3, -0.25) is 4.79 Å². The van der Waals surface area contributed by atoms with E-state index in [0.29, 0.717) is 11.3 Å². The minimum Gasteiger partial charge on any atom is -0.356 e. The molecule has 0 bridgehead atoms. The Bertz CT molecular complexity index is 883. The molecule has 0 spiro atoms. The summed E-state index contributed by atoms with van der Waals surface area (Å²) >= 11 is 0. The van der Waals surface area contributed by atoms with Gasteiger partial charge in [-0.25, -0.2) is 0 Å². The van der Waals surface area contributed by atoms with Crippen LogP contribution in [0.3, 0.4) is 0 Å². The summed E-state index contributed by atoms with van der Waals surface area (Å²) in [6.45, 7) is 1.92. The van der Waals surface area contributed by atoms with Crippen LogP contribution >= 0.6 is 0 Å². The van der Waals surface area contributed by atoms with Crippen LogP contribution < -0.4 is 5.32 Å². The maximum absolute atomic E-state index is 12.5. The van der Waals surface area contributed by atoms with Crippen LogP contribution in [-0.4, -0.2) is 11.1 Å². The fraction of sp³-hybridized carbons (Fsp3) is 0.176. The number of rotatable bonds is 3. The Balaban J connectivity index is 1.72. The predicted octanol–water partition coefficient (Wildman–Crippen LogP) is 4.34. The van der Waals surface area contributed by atoms with Crippen LogP contribution in [0.2, 0.25) is 0 Å². The molecule has 0 saturated carbocycles. The fourth-order valence-electron chi connectivity index (χ4n) is 2.33. The third-order valence-corrected chi connectivity index (χ3v) is 3.52. The van der Waals surface area contributed by atoms with Gasteiger partial charge in [0.1, 0.15) is 5.69 Å². The summed E-state index contributed by atoms with van der Waals surface area (Å²) in [5.74, 6) is -0.383. The van der Waals surface area contributed by atoms with Crippen molar-refractivity contribution in [2.24, 2.45) is 0 Å². The SMILES string of the molecule is Cc1ccc2onc(CC(=O)Nc3ccc(C(F)(F)F)cc3)c2c1. The van der Waals surface area contributed by atoms with Gasteiger partial charge in [0, 0.05) is 11.1 Å². The molecule has 3 aromatic rings. The molecule has 1 N–H and O–H groups in total. The lowest BCUT2D eigenvalue weighted by Gasteiger charge is -2.08. The molecule has 0 fully saturated rings. The van der Waals surface area contributed by atoms with Crippen molar-refractivity contribution in [3.63, 3.8) is 0 Å². The standard InChI is InChI=1S/C17H13F3N2O2/c1-10-2-7-15-13(8-10)14(22-24-15)9-16(23)21-12-5-3-11(4-6-12)17(18,19)20/h2-8H,9H2,1H3,(H,21,23). The van der Waals surface area contributed by atoms with Gasteiger partial charge >= 0.3 is 6.18 Å². The molecule has 4 nitrogen and oxygen atoms in total. The van der Waals surface area contributed by atoms with E-state index in [4.69, 9.17) is 4.52 Å². The molecule has 24 heavy (non-hydrogen) atoms. The number of anilines is 1. The zero-order valence-corrected chi connectivity index (χ0v) is 12.6. The second-order valence-corrected chi connectivity index (χ2v) is 5.43. The van der Waals surface area contributed by atoms with E-state index in [-0.39, 0.29) is 18.0 Å². The van der Waals surface area contributed by atoms with Crippen LogP contribution in [-0.2, 0) is 17.4 Å². The van der Waals surface area contributed by atoms with E-state index in [2.05, 4.69) is 10.5 Å². The molecule has 1 aromatic heterocycles. The number of carbonyl (C=O) groups excluding carboxylic acids is 1. The Morgan fingerprint density at radius 3 is 2.54 bits per heavy atom. The van der Waals surface area contributed by atoms with Crippen molar-refractivity contribution >= 4 is 22.6 Å². The van der Waals surface area contributed by atoms with Crippen molar-refractivity contribution in [1.29, 1.82) is 0 Å². The van der Waals surface area contributed by atoms with E-state index >= 15 is 0 Å². The molecule has 124 valence electrons. The molecule has 0 unspecified atom stereocenters. The van der Waals surface area contributed by atoms with Crippen LogP contribution in [0.25, 0.3) is 11.0 Å². The molecule has 2 aromatic carbocycles. The molecule has 7 heteroatoms. The van der Waals surface area contributed by atoms with Crippen LogP contribution in [0, 0.1) is 6.92 Å². The minimum absolute atomic E-state index is 0.0303. The summed E-state index contributed by atoms with van der Waals surface area (Å²) < 4.78 is 42.7. The maximum Gasteiger partial charge on any atom is 0.416 e. The molecule has 1 amide bonds. The number of benzene rings is 2. The van der Waals surface area contributed by atoms with Crippen molar-refractivity contribution in [2.45, 2.75) is 19.5 Å². The second kappa shape index (κ2) is 5.99. The highest BCUT2D eigenvalue weighted by Crippen LogP contribution is 2.29. The number of aromatic nitrogens is 1. The average Bonchev–Trinajstić information content (AvgIpc) is 2.89. The van der Waals surface area contributed by atoms with Crippen molar-refractivity contribution in [3.05, 3.63) is 59.3 Å². The molecule has 0 aliphatic carbocycles. The first kappa shape index (κ1) is 16.0. The monoisotopic (exact) mass is 334 g/mol. The van der Waals surface area contributed by atoms with Crippen molar-refractivity contribution in [2.75, 3.05) is 5.32 Å². The summed E-state index contributed by atoms with van der Waals surface area (Å²) in [7, 11) is 0. The highest BCUT2D eigenvalue weighted by molar-refractivity contribution is 5.94. The van der Waals surface area contributed by atoms with Gasteiger partial charge in [-0.05, 0) is 43.3 Å². The fourth-order valence-corrected chi connectivity index (χ4v) is 2.33. The van der Waals surface area contributed by atoms with Crippen LogP contribution in [0.5, 0.6) is 0 Å². The van der Waals surface area contributed by atoms with E-state index < -0.39 is 11.7 Å². The van der Waals surface area contributed by atoms with Gasteiger partial charge in [0.15, 0.2) is 5.58 Å². The average molecular weight is 334 g/mol. The minimum atomic E-state index is -4.40. The second-order valence-electron chi connectivity index (χ2n) is 5.43. The molecule has 0 aliphatic rings.